The summed E-state index contributed by atoms with van der Waals surface area (Å²) in [6.07, 6.45) is 4.96. The van der Waals surface area contributed by atoms with Crippen LogP contribution in [0.4, 0.5) is 11.4 Å². The van der Waals surface area contributed by atoms with Gasteiger partial charge in [-0.25, -0.2) is 4.98 Å². The maximum absolute atomic E-state index is 12.0. The average molecular weight is 256 g/mol. The first-order valence-electron chi connectivity index (χ1n) is 6.12. The zero-order chi connectivity index (χ0) is 13.7. The lowest BCUT2D eigenvalue weighted by atomic mass is 10.2. The van der Waals surface area contributed by atoms with Gasteiger partial charge in [0.15, 0.2) is 0 Å². The van der Waals surface area contributed by atoms with Crippen molar-refractivity contribution < 1.29 is 4.79 Å². The van der Waals surface area contributed by atoms with Gasteiger partial charge in [-0.2, -0.15) is 0 Å². The molecule has 5 nitrogen and oxygen atoms in total. The summed E-state index contributed by atoms with van der Waals surface area (Å²) in [5, 5.41) is 5.92. The molecular weight excluding hydrogens is 240 g/mol. The van der Waals surface area contributed by atoms with E-state index in [-0.39, 0.29) is 5.91 Å². The smallest absolute Gasteiger partial charge is 0.274 e. The van der Waals surface area contributed by atoms with Gasteiger partial charge in [0.2, 0.25) is 0 Å². The zero-order valence-corrected chi connectivity index (χ0v) is 11.0. The van der Waals surface area contributed by atoms with Crippen LogP contribution in [-0.4, -0.2) is 22.4 Å². The molecule has 0 spiro atoms. The highest BCUT2D eigenvalue weighted by Gasteiger charge is 2.08. The van der Waals surface area contributed by atoms with Crippen molar-refractivity contribution in [2.24, 2.45) is 0 Å². The number of nitrogens with zero attached hydrogens (tertiary/aromatic N) is 2. The minimum absolute atomic E-state index is 0.237. The second-order valence-corrected chi connectivity index (χ2v) is 4.11. The third-order valence-electron chi connectivity index (χ3n) is 2.66. The lowest BCUT2D eigenvalue weighted by Crippen LogP contribution is -2.14. The van der Waals surface area contributed by atoms with Crippen molar-refractivity contribution in [2.75, 3.05) is 17.2 Å². The van der Waals surface area contributed by atoms with E-state index < -0.39 is 0 Å². The number of nitrogens with one attached hydrogen (secondary N) is 2. The van der Waals surface area contributed by atoms with Crippen LogP contribution in [0.15, 0.2) is 36.8 Å². The number of amides is 1. The summed E-state index contributed by atoms with van der Waals surface area (Å²) in [7, 11) is 0. The number of anilines is 2. The van der Waals surface area contributed by atoms with Crippen molar-refractivity contribution in [1.82, 2.24) is 9.97 Å². The standard InChI is InChI=1S/C14H16N4O/c1-3-16-11-4-5-12(17-8-11)14(19)18-13-9-15-7-6-10(13)2/h4-9,16H,3H2,1-2H3,(H,18,19). The van der Waals surface area contributed by atoms with E-state index >= 15 is 0 Å². The summed E-state index contributed by atoms with van der Waals surface area (Å²) in [4.78, 5) is 20.1. The first kappa shape index (κ1) is 13.0. The Hall–Kier alpha value is -2.43. The van der Waals surface area contributed by atoms with E-state index in [4.69, 9.17) is 0 Å². The molecule has 0 saturated carbocycles. The SMILES string of the molecule is CCNc1ccc(C(=O)Nc2cnccc2C)nc1. The normalized spacial score (nSPS) is 10.0. The monoisotopic (exact) mass is 256 g/mol. The fourth-order valence-corrected chi connectivity index (χ4v) is 1.62. The largest absolute Gasteiger partial charge is 0.384 e. The van der Waals surface area contributed by atoms with Gasteiger partial charge in [-0.05, 0) is 37.6 Å². The number of hydrogen-bond acceptors (Lipinski definition) is 4. The van der Waals surface area contributed by atoms with Crippen molar-refractivity contribution in [2.45, 2.75) is 13.8 Å². The molecule has 2 aromatic rings. The number of rotatable bonds is 4. The predicted molar refractivity (Wildman–Crippen MR) is 75.3 cm³/mol. The fraction of sp³-hybridized carbons (Fsp3) is 0.214. The summed E-state index contributed by atoms with van der Waals surface area (Å²) < 4.78 is 0. The van der Waals surface area contributed by atoms with Crippen molar-refractivity contribution in [1.29, 1.82) is 0 Å². The van der Waals surface area contributed by atoms with Crippen LogP contribution in [0, 0.1) is 6.92 Å². The van der Waals surface area contributed by atoms with Crippen molar-refractivity contribution in [3.63, 3.8) is 0 Å². The molecule has 2 N–H and O–H groups in total. The van der Waals surface area contributed by atoms with Crippen LogP contribution in [0.2, 0.25) is 0 Å². The Morgan fingerprint density at radius 1 is 1.26 bits per heavy atom. The molecule has 98 valence electrons. The molecule has 0 aliphatic carbocycles. The van der Waals surface area contributed by atoms with Crippen LogP contribution < -0.4 is 10.6 Å². The highest BCUT2D eigenvalue weighted by molar-refractivity contribution is 6.03. The molecule has 0 fully saturated rings. The molecule has 0 atom stereocenters. The van der Waals surface area contributed by atoms with Crippen LogP contribution >= 0.6 is 0 Å². The van der Waals surface area contributed by atoms with E-state index in [0.29, 0.717) is 11.4 Å². The Morgan fingerprint density at radius 2 is 2.11 bits per heavy atom. The molecule has 0 bridgehead atoms. The van der Waals surface area contributed by atoms with Crippen LogP contribution in [0.5, 0.6) is 0 Å². The third kappa shape index (κ3) is 3.28. The molecule has 2 heterocycles. The Kier molecular flexibility index (Phi) is 4.07. The summed E-state index contributed by atoms with van der Waals surface area (Å²) in [5.74, 6) is -0.237. The third-order valence-corrected chi connectivity index (χ3v) is 2.66. The minimum atomic E-state index is -0.237. The average Bonchev–Trinajstić information content (AvgIpc) is 2.42. The zero-order valence-electron chi connectivity index (χ0n) is 11.0. The van der Waals surface area contributed by atoms with E-state index in [2.05, 4.69) is 20.6 Å². The van der Waals surface area contributed by atoms with Crippen LogP contribution in [0.3, 0.4) is 0 Å². The van der Waals surface area contributed by atoms with E-state index in [1.54, 1.807) is 24.7 Å². The van der Waals surface area contributed by atoms with Crippen molar-refractivity contribution in [3.8, 4) is 0 Å². The molecule has 0 unspecified atom stereocenters. The highest BCUT2D eigenvalue weighted by Crippen LogP contribution is 2.13. The number of carbonyl (C=O) groups excluding carboxylic acids is 1. The summed E-state index contributed by atoms with van der Waals surface area (Å²) in [6, 6.07) is 5.37. The molecule has 1 amide bonds. The molecular formula is C14H16N4O. The molecule has 2 aromatic heterocycles. The molecule has 0 saturated heterocycles. The topological polar surface area (TPSA) is 66.9 Å². The molecule has 0 aromatic carbocycles. The molecule has 0 aliphatic heterocycles. The lowest BCUT2D eigenvalue weighted by molar-refractivity contribution is 0.102. The minimum Gasteiger partial charge on any atom is -0.384 e. The van der Waals surface area contributed by atoms with E-state index in [0.717, 1.165) is 17.8 Å². The highest BCUT2D eigenvalue weighted by atomic mass is 16.1. The first-order chi connectivity index (χ1) is 9.20. The van der Waals surface area contributed by atoms with Gasteiger partial charge in [0, 0.05) is 12.7 Å². The quantitative estimate of drug-likeness (QED) is 0.881. The molecule has 19 heavy (non-hydrogen) atoms. The predicted octanol–water partition coefficient (Wildman–Crippen LogP) is 2.47. The number of aryl methyl sites for hydroxylation is 1. The van der Waals surface area contributed by atoms with E-state index in [1.807, 2.05) is 26.0 Å². The van der Waals surface area contributed by atoms with Gasteiger partial charge in [0.05, 0.1) is 23.8 Å². The Bertz CT molecular complexity index is 566. The first-order valence-corrected chi connectivity index (χ1v) is 6.12. The number of aromatic nitrogens is 2. The summed E-state index contributed by atoms with van der Waals surface area (Å²) >= 11 is 0. The van der Waals surface area contributed by atoms with E-state index in [1.165, 1.54) is 0 Å². The molecule has 0 radical (unpaired) electrons. The number of carbonyl (C=O) groups is 1. The fourth-order valence-electron chi connectivity index (χ4n) is 1.62. The van der Waals surface area contributed by atoms with Crippen LogP contribution in [0.25, 0.3) is 0 Å². The Balaban J connectivity index is 2.10. The Morgan fingerprint density at radius 3 is 2.74 bits per heavy atom. The van der Waals surface area contributed by atoms with Gasteiger partial charge in [-0.15, -0.1) is 0 Å². The summed E-state index contributed by atoms with van der Waals surface area (Å²) in [5.41, 5.74) is 2.94. The molecule has 5 heteroatoms. The molecule has 2 rings (SSSR count). The van der Waals surface area contributed by atoms with Crippen molar-refractivity contribution >= 4 is 17.3 Å². The van der Waals surface area contributed by atoms with Gasteiger partial charge < -0.3 is 10.6 Å². The number of pyridine rings is 2. The van der Waals surface area contributed by atoms with E-state index in [9.17, 15) is 4.79 Å². The van der Waals surface area contributed by atoms with Crippen LogP contribution in [-0.2, 0) is 0 Å². The van der Waals surface area contributed by atoms with Gasteiger partial charge in [-0.1, -0.05) is 0 Å². The maximum atomic E-state index is 12.0. The van der Waals surface area contributed by atoms with Gasteiger partial charge in [0.25, 0.3) is 5.91 Å². The second-order valence-electron chi connectivity index (χ2n) is 4.11. The summed E-state index contributed by atoms with van der Waals surface area (Å²) in [6.45, 7) is 4.74. The van der Waals surface area contributed by atoms with Gasteiger partial charge in [-0.3, -0.25) is 9.78 Å². The van der Waals surface area contributed by atoms with Crippen LogP contribution in [0.1, 0.15) is 23.0 Å². The Labute approximate surface area is 112 Å². The molecule has 0 aliphatic rings. The second kappa shape index (κ2) is 5.95. The maximum Gasteiger partial charge on any atom is 0.274 e. The van der Waals surface area contributed by atoms with Gasteiger partial charge in [0.1, 0.15) is 5.69 Å². The lowest BCUT2D eigenvalue weighted by Gasteiger charge is -2.07. The number of hydrogen-bond donors (Lipinski definition) is 2. The van der Waals surface area contributed by atoms with Gasteiger partial charge >= 0.3 is 0 Å². The van der Waals surface area contributed by atoms with Crippen molar-refractivity contribution in [3.05, 3.63) is 48.0 Å².